The first kappa shape index (κ1) is 8.72. The highest BCUT2D eigenvalue weighted by atomic mass is 79.9. The molecule has 2 aromatic rings. The number of thiophene rings is 1. The Morgan fingerprint density at radius 3 is 3.00 bits per heavy atom. The minimum Gasteiger partial charge on any atom is -0.397 e. The maximum Gasteiger partial charge on any atom is 0.151 e. The van der Waals surface area contributed by atoms with Crippen LogP contribution in [0.15, 0.2) is 22.0 Å². The molecule has 2 nitrogen and oxygen atoms in total. The number of halogens is 1. The third kappa shape index (κ3) is 1.26. The molecule has 0 saturated carbocycles. The monoisotopic (exact) mass is 255 g/mol. The van der Waals surface area contributed by atoms with Gasteiger partial charge < -0.3 is 5.73 Å². The van der Waals surface area contributed by atoms with Gasteiger partial charge in [0.2, 0.25) is 0 Å². The predicted octanol–water partition coefficient (Wildman–Crippen LogP) is 3.06. The normalized spacial score (nSPS) is 10.5. The van der Waals surface area contributed by atoms with Crippen LogP contribution in [0.1, 0.15) is 10.4 Å². The molecule has 0 saturated heterocycles. The number of aldehydes is 1. The summed E-state index contributed by atoms with van der Waals surface area (Å²) in [5.74, 6) is 0. The first-order chi connectivity index (χ1) is 6.24. The van der Waals surface area contributed by atoms with Crippen molar-refractivity contribution >= 4 is 49.3 Å². The summed E-state index contributed by atoms with van der Waals surface area (Å²) in [4.78, 5) is 10.7. The van der Waals surface area contributed by atoms with Crippen molar-refractivity contribution in [2.24, 2.45) is 0 Å². The summed E-state index contributed by atoms with van der Waals surface area (Å²) in [6.45, 7) is 0. The SMILES string of the molecule is Nc1c(Br)c(C=O)cc2ccsc12. The van der Waals surface area contributed by atoms with E-state index in [-0.39, 0.29) is 0 Å². The molecule has 0 fully saturated rings. The van der Waals surface area contributed by atoms with E-state index < -0.39 is 0 Å². The smallest absolute Gasteiger partial charge is 0.151 e. The average Bonchev–Trinajstić information content (AvgIpc) is 2.59. The maximum absolute atomic E-state index is 10.7. The van der Waals surface area contributed by atoms with E-state index in [1.165, 1.54) is 0 Å². The van der Waals surface area contributed by atoms with Crippen molar-refractivity contribution in [2.45, 2.75) is 0 Å². The van der Waals surface area contributed by atoms with Crippen LogP contribution in [-0.2, 0) is 0 Å². The molecule has 1 aromatic carbocycles. The van der Waals surface area contributed by atoms with Gasteiger partial charge in [0.25, 0.3) is 0 Å². The first-order valence-corrected chi connectivity index (χ1v) is 5.31. The zero-order valence-electron chi connectivity index (χ0n) is 6.58. The van der Waals surface area contributed by atoms with Gasteiger partial charge in [-0.3, -0.25) is 4.79 Å². The summed E-state index contributed by atoms with van der Waals surface area (Å²) in [7, 11) is 0. The molecule has 2 N–H and O–H groups in total. The van der Waals surface area contributed by atoms with Gasteiger partial charge in [0.05, 0.1) is 14.9 Å². The van der Waals surface area contributed by atoms with Crippen LogP contribution in [0.3, 0.4) is 0 Å². The topological polar surface area (TPSA) is 43.1 Å². The number of anilines is 1. The van der Waals surface area contributed by atoms with Crippen molar-refractivity contribution in [3.63, 3.8) is 0 Å². The Balaban J connectivity index is 2.91. The van der Waals surface area contributed by atoms with Crippen molar-refractivity contribution in [3.05, 3.63) is 27.5 Å². The minimum atomic E-state index is 0.600. The number of nitrogens with two attached hydrogens (primary N) is 1. The molecular formula is C9H6BrNOS. The van der Waals surface area contributed by atoms with Crippen LogP contribution in [0.5, 0.6) is 0 Å². The van der Waals surface area contributed by atoms with Crippen molar-refractivity contribution in [3.8, 4) is 0 Å². The third-order valence-corrected chi connectivity index (χ3v) is 3.72. The number of rotatable bonds is 1. The largest absolute Gasteiger partial charge is 0.397 e. The molecule has 0 amide bonds. The van der Waals surface area contributed by atoms with Gasteiger partial charge >= 0.3 is 0 Å². The second-order valence-corrected chi connectivity index (χ2v) is 4.36. The number of carbonyl (C=O) groups is 1. The molecule has 0 aliphatic rings. The van der Waals surface area contributed by atoms with E-state index in [0.717, 1.165) is 16.4 Å². The Kier molecular flexibility index (Phi) is 2.09. The highest BCUT2D eigenvalue weighted by molar-refractivity contribution is 9.10. The molecule has 2 rings (SSSR count). The Hall–Kier alpha value is -0.870. The van der Waals surface area contributed by atoms with Gasteiger partial charge in [0, 0.05) is 5.56 Å². The quantitative estimate of drug-likeness (QED) is 0.629. The molecule has 0 unspecified atom stereocenters. The van der Waals surface area contributed by atoms with Crippen LogP contribution in [0.4, 0.5) is 5.69 Å². The van der Waals surface area contributed by atoms with E-state index in [2.05, 4.69) is 15.9 Å². The fourth-order valence-electron chi connectivity index (χ4n) is 1.22. The van der Waals surface area contributed by atoms with Gasteiger partial charge in [-0.1, -0.05) is 0 Å². The van der Waals surface area contributed by atoms with E-state index in [0.29, 0.717) is 15.7 Å². The summed E-state index contributed by atoms with van der Waals surface area (Å²) in [5.41, 5.74) is 7.09. The van der Waals surface area contributed by atoms with Crippen molar-refractivity contribution in [1.29, 1.82) is 0 Å². The molecule has 66 valence electrons. The lowest BCUT2D eigenvalue weighted by Gasteiger charge is -2.02. The van der Waals surface area contributed by atoms with Crippen LogP contribution in [-0.4, -0.2) is 6.29 Å². The molecule has 0 aliphatic heterocycles. The number of carbonyl (C=O) groups excluding carboxylic acids is 1. The molecule has 1 heterocycles. The number of nitrogen functional groups attached to an aromatic ring is 1. The third-order valence-electron chi connectivity index (χ3n) is 1.87. The minimum absolute atomic E-state index is 0.600. The lowest BCUT2D eigenvalue weighted by atomic mass is 10.1. The van der Waals surface area contributed by atoms with Crippen molar-refractivity contribution < 1.29 is 4.79 Å². The van der Waals surface area contributed by atoms with Crippen LogP contribution in [0.2, 0.25) is 0 Å². The van der Waals surface area contributed by atoms with Crippen molar-refractivity contribution in [2.75, 3.05) is 5.73 Å². The predicted molar refractivity (Wildman–Crippen MR) is 59.3 cm³/mol. The summed E-state index contributed by atoms with van der Waals surface area (Å²) in [6, 6.07) is 3.79. The Labute approximate surface area is 87.5 Å². The zero-order chi connectivity index (χ0) is 9.42. The van der Waals surface area contributed by atoms with Crippen LogP contribution in [0.25, 0.3) is 10.1 Å². The van der Waals surface area contributed by atoms with E-state index in [1.54, 1.807) is 11.3 Å². The van der Waals surface area contributed by atoms with Crippen molar-refractivity contribution in [1.82, 2.24) is 0 Å². The number of benzene rings is 1. The Morgan fingerprint density at radius 2 is 2.31 bits per heavy atom. The lowest BCUT2D eigenvalue weighted by molar-refractivity contribution is 0.112. The highest BCUT2D eigenvalue weighted by Crippen LogP contribution is 2.34. The first-order valence-electron chi connectivity index (χ1n) is 3.64. The molecule has 0 atom stereocenters. The van der Waals surface area contributed by atoms with Gasteiger partial charge in [-0.2, -0.15) is 0 Å². The van der Waals surface area contributed by atoms with Gasteiger partial charge in [-0.25, -0.2) is 0 Å². The zero-order valence-corrected chi connectivity index (χ0v) is 8.98. The standard InChI is InChI=1S/C9H6BrNOS/c10-7-6(4-12)3-5-1-2-13-9(5)8(7)11/h1-4H,11H2. The van der Waals surface area contributed by atoms with Gasteiger partial charge in [-0.15, -0.1) is 11.3 Å². The summed E-state index contributed by atoms with van der Waals surface area (Å²) in [5, 5.41) is 2.98. The van der Waals surface area contributed by atoms with Gasteiger partial charge in [0.1, 0.15) is 0 Å². The summed E-state index contributed by atoms with van der Waals surface area (Å²) in [6.07, 6.45) is 0.803. The molecule has 0 radical (unpaired) electrons. The molecule has 0 bridgehead atoms. The molecule has 1 aromatic heterocycles. The molecule has 4 heteroatoms. The van der Waals surface area contributed by atoms with Crippen LogP contribution in [0, 0.1) is 0 Å². The van der Waals surface area contributed by atoms with E-state index in [1.807, 2.05) is 17.5 Å². The molecule has 0 aliphatic carbocycles. The lowest BCUT2D eigenvalue weighted by Crippen LogP contribution is -1.91. The van der Waals surface area contributed by atoms with E-state index >= 15 is 0 Å². The second-order valence-electron chi connectivity index (χ2n) is 2.65. The number of hydrogen-bond acceptors (Lipinski definition) is 3. The highest BCUT2D eigenvalue weighted by Gasteiger charge is 2.08. The number of hydrogen-bond donors (Lipinski definition) is 1. The average molecular weight is 256 g/mol. The van der Waals surface area contributed by atoms with E-state index in [9.17, 15) is 4.79 Å². The summed E-state index contributed by atoms with van der Waals surface area (Å²) < 4.78 is 1.72. The van der Waals surface area contributed by atoms with E-state index in [4.69, 9.17) is 5.73 Å². The summed E-state index contributed by atoms with van der Waals surface area (Å²) >= 11 is 4.87. The van der Waals surface area contributed by atoms with Gasteiger partial charge in [-0.05, 0) is 38.8 Å². The molecule has 0 spiro atoms. The van der Waals surface area contributed by atoms with Crippen LogP contribution < -0.4 is 5.73 Å². The Bertz CT molecular complexity index is 478. The fraction of sp³-hybridized carbons (Fsp3) is 0. The fourth-order valence-corrected chi connectivity index (χ4v) is 2.60. The maximum atomic E-state index is 10.7. The van der Waals surface area contributed by atoms with Crippen LogP contribution >= 0.6 is 27.3 Å². The van der Waals surface area contributed by atoms with Gasteiger partial charge in [0.15, 0.2) is 6.29 Å². The molecular weight excluding hydrogens is 250 g/mol. The Morgan fingerprint density at radius 1 is 1.54 bits per heavy atom. The second kappa shape index (κ2) is 3.12. The molecule has 13 heavy (non-hydrogen) atoms. The number of fused-ring (bicyclic) bond motifs is 1.